The van der Waals surface area contributed by atoms with Gasteiger partial charge >= 0.3 is 5.97 Å². The molecule has 0 radical (unpaired) electrons. The topological polar surface area (TPSA) is 91.8 Å². The third-order valence-corrected chi connectivity index (χ3v) is 5.00. The Morgan fingerprint density at radius 1 is 1.21 bits per heavy atom. The summed E-state index contributed by atoms with van der Waals surface area (Å²) < 4.78 is 23.2. The number of amides is 1. The highest BCUT2D eigenvalue weighted by Gasteiger charge is 2.26. The second-order valence-corrected chi connectivity index (χ2v) is 7.22. The van der Waals surface area contributed by atoms with Crippen LogP contribution in [0.15, 0.2) is 0 Å². The Bertz CT molecular complexity index is 425. The van der Waals surface area contributed by atoms with Crippen molar-refractivity contribution in [1.29, 1.82) is 0 Å². The standard InChI is InChI=1S/C12H21NO5S/c1-13(10-5-3-2-4-6-10)11(14)9-19(17,18)8-7-12(15)16/h10H,2-9H2,1H3,(H,15,16). The zero-order chi connectivity index (χ0) is 14.5. The Morgan fingerprint density at radius 3 is 2.32 bits per heavy atom. The van der Waals surface area contributed by atoms with Crippen LogP contribution in [0.2, 0.25) is 0 Å². The lowest BCUT2D eigenvalue weighted by molar-refractivity contribution is -0.136. The van der Waals surface area contributed by atoms with E-state index in [1.54, 1.807) is 7.05 Å². The van der Waals surface area contributed by atoms with Gasteiger partial charge in [0.15, 0.2) is 9.84 Å². The van der Waals surface area contributed by atoms with Crippen molar-refractivity contribution in [2.75, 3.05) is 18.6 Å². The lowest BCUT2D eigenvalue weighted by Crippen LogP contribution is -2.41. The van der Waals surface area contributed by atoms with Gasteiger partial charge in [0.25, 0.3) is 0 Å². The molecule has 110 valence electrons. The molecule has 1 aliphatic carbocycles. The molecule has 0 aromatic carbocycles. The first-order valence-corrected chi connectivity index (χ1v) is 8.32. The average Bonchev–Trinajstić information content (AvgIpc) is 2.36. The highest BCUT2D eigenvalue weighted by molar-refractivity contribution is 7.92. The summed E-state index contributed by atoms with van der Waals surface area (Å²) in [4.78, 5) is 23.8. The fourth-order valence-corrected chi connectivity index (χ4v) is 3.49. The largest absolute Gasteiger partial charge is 0.481 e. The summed E-state index contributed by atoms with van der Waals surface area (Å²) in [7, 11) is -2.00. The van der Waals surface area contributed by atoms with Crippen molar-refractivity contribution in [1.82, 2.24) is 4.90 Å². The predicted molar refractivity (Wildman–Crippen MR) is 70.5 cm³/mol. The van der Waals surface area contributed by atoms with Gasteiger partial charge in [-0.2, -0.15) is 0 Å². The van der Waals surface area contributed by atoms with Crippen molar-refractivity contribution < 1.29 is 23.1 Å². The maximum atomic E-state index is 11.9. The highest BCUT2D eigenvalue weighted by Crippen LogP contribution is 2.21. The van der Waals surface area contributed by atoms with Crippen molar-refractivity contribution >= 4 is 21.7 Å². The van der Waals surface area contributed by atoms with E-state index < -0.39 is 39.6 Å². The number of carboxylic acid groups (broad SMARTS) is 1. The smallest absolute Gasteiger partial charge is 0.304 e. The molecule has 0 aromatic heterocycles. The van der Waals surface area contributed by atoms with Crippen LogP contribution in [0.1, 0.15) is 38.5 Å². The third kappa shape index (κ3) is 5.59. The van der Waals surface area contributed by atoms with Crippen LogP contribution in [0.3, 0.4) is 0 Å². The molecule has 0 saturated heterocycles. The monoisotopic (exact) mass is 291 g/mol. The molecular weight excluding hydrogens is 270 g/mol. The molecule has 0 spiro atoms. The van der Waals surface area contributed by atoms with E-state index in [0.29, 0.717) is 0 Å². The van der Waals surface area contributed by atoms with Gasteiger partial charge in [-0.25, -0.2) is 8.42 Å². The Balaban J connectivity index is 2.50. The van der Waals surface area contributed by atoms with Gasteiger partial charge in [0.1, 0.15) is 5.75 Å². The molecule has 0 aromatic rings. The van der Waals surface area contributed by atoms with E-state index in [9.17, 15) is 18.0 Å². The summed E-state index contributed by atoms with van der Waals surface area (Å²) in [6.45, 7) is 0. The Hall–Kier alpha value is -1.11. The van der Waals surface area contributed by atoms with Gasteiger partial charge in [-0.05, 0) is 12.8 Å². The summed E-state index contributed by atoms with van der Waals surface area (Å²) in [5, 5.41) is 8.46. The van der Waals surface area contributed by atoms with E-state index >= 15 is 0 Å². The number of nitrogens with zero attached hydrogens (tertiary/aromatic N) is 1. The number of carbonyl (C=O) groups excluding carboxylic acids is 1. The van der Waals surface area contributed by atoms with Gasteiger partial charge < -0.3 is 10.0 Å². The minimum absolute atomic E-state index is 0.121. The number of carboxylic acids is 1. The SMILES string of the molecule is CN(C(=O)CS(=O)(=O)CCC(=O)O)C1CCCCC1. The van der Waals surface area contributed by atoms with E-state index in [1.165, 1.54) is 4.90 Å². The first kappa shape index (κ1) is 15.9. The number of rotatable bonds is 6. The molecule has 1 aliphatic rings. The van der Waals surface area contributed by atoms with Crippen molar-refractivity contribution in [2.45, 2.75) is 44.6 Å². The summed E-state index contributed by atoms with van der Waals surface area (Å²) in [6, 6.07) is 0.121. The van der Waals surface area contributed by atoms with Crippen LogP contribution in [0, 0.1) is 0 Å². The molecule has 0 atom stereocenters. The molecule has 1 saturated carbocycles. The van der Waals surface area contributed by atoms with E-state index in [2.05, 4.69) is 0 Å². The minimum Gasteiger partial charge on any atom is -0.481 e. The van der Waals surface area contributed by atoms with Crippen LogP contribution in [0.4, 0.5) is 0 Å². The van der Waals surface area contributed by atoms with Crippen LogP contribution in [0.25, 0.3) is 0 Å². The predicted octanol–water partition coefficient (Wildman–Crippen LogP) is 0.667. The Labute approximate surface area is 113 Å². The average molecular weight is 291 g/mol. The fourth-order valence-electron chi connectivity index (χ4n) is 2.28. The van der Waals surface area contributed by atoms with E-state index in [1.807, 2.05) is 0 Å². The van der Waals surface area contributed by atoms with Crippen LogP contribution in [0.5, 0.6) is 0 Å². The van der Waals surface area contributed by atoms with Crippen molar-refractivity contribution in [2.24, 2.45) is 0 Å². The molecule has 1 amide bonds. The van der Waals surface area contributed by atoms with Gasteiger partial charge in [0, 0.05) is 13.1 Å². The summed E-state index contributed by atoms with van der Waals surface area (Å²) in [5.41, 5.74) is 0. The number of hydrogen-bond acceptors (Lipinski definition) is 4. The number of hydrogen-bond donors (Lipinski definition) is 1. The number of sulfone groups is 1. The summed E-state index contributed by atoms with van der Waals surface area (Å²) >= 11 is 0. The lowest BCUT2D eigenvalue weighted by atomic mass is 9.94. The molecule has 6 nitrogen and oxygen atoms in total. The van der Waals surface area contributed by atoms with E-state index in [4.69, 9.17) is 5.11 Å². The van der Waals surface area contributed by atoms with Gasteiger partial charge in [-0.15, -0.1) is 0 Å². The van der Waals surface area contributed by atoms with Crippen LogP contribution >= 0.6 is 0 Å². The molecule has 1 rings (SSSR count). The van der Waals surface area contributed by atoms with E-state index in [-0.39, 0.29) is 6.04 Å². The van der Waals surface area contributed by atoms with E-state index in [0.717, 1.165) is 32.1 Å². The normalized spacial score (nSPS) is 17.1. The maximum absolute atomic E-state index is 11.9. The highest BCUT2D eigenvalue weighted by atomic mass is 32.2. The first-order valence-electron chi connectivity index (χ1n) is 6.50. The maximum Gasteiger partial charge on any atom is 0.304 e. The zero-order valence-electron chi connectivity index (χ0n) is 11.2. The van der Waals surface area contributed by atoms with Gasteiger partial charge in [0.05, 0.1) is 12.2 Å². The van der Waals surface area contributed by atoms with Crippen molar-refractivity contribution in [3.05, 3.63) is 0 Å². The molecule has 1 N–H and O–H groups in total. The fraction of sp³-hybridized carbons (Fsp3) is 0.833. The van der Waals surface area contributed by atoms with Gasteiger partial charge in [-0.3, -0.25) is 9.59 Å². The Kier molecular flexibility index (Phi) is 5.78. The Morgan fingerprint density at radius 2 is 1.79 bits per heavy atom. The summed E-state index contributed by atoms with van der Waals surface area (Å²) in [5.74, 6) is -2.67. The van der Waals surface area contributed by atoms with Crippen LogP contribution in [-0.4, -0.2) is 54.9 Å². The van der Waals surface area contributed by atoms with Gasteiger partial charge in [-0.1, -0.05) is 19.3 Å². The number of aliphatic carboxylic acids is 1. The summed E-state index contributed by atoms with van der Waals surface area (Å²) in [6.07, 6.45) is 4.66. The molecule has 0 bridgehead atoms. The number of carbonyl (C=O) groups is 2. The molecule has 0 unspecified atom stereocenters. The third-order valence-electron chi connectivity index (χ3n) is 3.49. The second-order valence-electron chi connectivity index (χ2n) is 5.03. The molecule has 0 heterocycles. The molecule has 0 aliphatic heterocycles. The molecule has 1 fully saturated rings. The van der Waals surface area contributed by atoms with Crippen molar-refractivity contribution in [3.8, 4) is 0 Å². The lowest BCUT2D eigenvalue weighted by Gasteiger charge is -2.31. The quantitative estimate of drug-likeness (QED) is 0.776. The zero-order valence-corrected chi connectivity index (χ0v) is 12.0. The first-order chi connectivity index (χ1) is 8.82. The minimum atomic E-state index is -3.63. The molecule has 19 heavy (non-hydrogen) atoms. The van der Waals surface area contributed by atoms with Crippen LogP contribution < -0.4 is 0 Å². The van der Waals surface area contributed by atoms with Gasteiger partial charge in [0.2, 0.25) is 5.91 Å². The van der Waals surface area contributed by atoms with Crippen LogP contribution in [-0.2, 0) is 19.4 Å². The molecule has 7 heteroatoms. The second kappa shape index (κ2) is 6.88. The molecular formula is C12H21NO5S. The van der Waals surface area contributed by atoms with Crippen molar-refractivity contribution in [3.63, 3.8) is 0 Å².